The summed E-state index contributed by atoms with van der Waals surface area (Å²) in [7, 11) is 0. The standard InChI is InChI=1S/C14H17N3O3/c15-11-4-3-5-12(10-11)17-7-6-13(16-17)14(19)20-9-2-1-8-18/h3-7,10,18H,1-2,8-9,15H2. The number of nitrogen functional groups attached to an aromatic ring is 1. The van der Waals surface area contributed by atoms with Crippen LogP contribution >= 0.6 is 0 Å². The highest BCUT2D eigenvalue weighted by Gasteiger charge is 2.11. The molecule has 2 aromatic rings. The summed E-state index contributed by atoms with van der Waals surface area (Å²) in [6.45, 7) is 0.381. The van der Waals surface area contributed by atoms with Crippen molar-refractivity contribution in [3.8, 4) is 5.69 Å². The number of aliphatic hydroxyl groups is 1. The fourth-order valence-corrected chi connectivity index (χ4v) is 1.70. The molecule has 106 valence electrons. The van der Waals surface area contributed by atoms with E-state index in [1.165, 1.54) is 0 Å². The van der Waals surface area contributed by atoms with E-state index < -0.39 is 5.97 Å². The van der Waals surface area contributed by atoms with Gasteiger partial charge in [-0.05, 0) is 37.1 Å². The molecule has 2 rings (SSSR count). The molecular formula is C14H17N3O3. The quantitative estimate of drug-likeness (QED) is 0.472. The molecule has 1 heterocycles. The Morgan fingerprint density at radius 3 is 2.95 bits per heavy atom. The van der Waals surface area contributed by atoms with Gasteiger partial charge in [0.05, 0.1) is 12.3 Å². The van der Waals surface area contributed by atoms with E-state index in [1.54, 1.807) is 29.1 Å². The molecule has 1 aromatic carbocycles. The monoisotopic (exact) mass is 275 g/mol. The van der Waals surface area contributed by atoms with Gasteiger partial charge < -0.3 is 15.6 Å². The molecule has 0 radical (unpaired) electrons. The maximum Gasteiger partial charge on any atom is 0.358 e. The van der Waals surface area contributed by atoms with Crippen molar-refractivity contribution in [1.82, 2.24) is 9.78 Å². The van der Waals surface area contributed by atoms with Crippen LogP contribution in [0.2, 0.25) is 0 Å². The van der Waals surface area contributed by atoms with Crippen molar-refractivity contribution >= 4 is 11.7 Å². The number of nitrogens with two attached hydrogens (primary N) is 1. The lowest BCUT2D eigenvalue weighted by molar-refractivity contribution is 0.0485. The second-order valence-corrected chi connectivity index (χ2v) is 4.31. The number of hydrogen-bond acceptors (Lipinski definition) is 5. The Balaban J connectivity index is 2.00. The number of aromatic nitrogens is 2. The number of rotatable bonds is 6. The SMILES string of the molecule is Nc1cccc(-n2ccc(C(=O)OCCCCO)n2)c1. The molecule has 0 fully saturated rings. The molecule has 6 heteroatoms. The summed E-state index contributed by atoms with van der Waals surface area (Å²) in [5.74, 6) is -0.467. The molecule has 0 saturated carbocycles. The lowest BCUT2D eigenvalue weighted by Crippen LogP contribution is -2.08. The van der Waals surface area contributed by atoms with Gasteiger partial charge in [0, 0.05) is 18.5 Å². The summed E-state index contributed by atoms with van der Waals surface area (Å²) in [4.78, 5) is 11.7. The molecule has 20 heavy (non-hydrogen) atoms. The summed E-state index contributed by atoms with van der Waals surface area (Å²) in [5, 5.41) is 12.8. The first-order valence-corrected chi connectivity index (χ1v) is 6.40. The first kappa shape index (κ1) is 14.1. The first-order chi connectivity index (χ1) is 9.70. The minimum atomic E-state index is -0.467. The smallest absolute Gasteiger partial charge is 0.358 e. The Hall–Kier alpha value is -2.34. The van der Waals surface area contributed by atoms with Gasteiger partial charge in [0.2, 0.25) is 0 Å². The Labute approximate surface area is 116 Å². The molecule has 0 aliphatic rings. The Bertz CT molecular complexity index is 581. The molecule has 0 amide bonds. The number of unbranched alkanes of at least 4 members (excludes halogenated alkanes) is 1. The van der Waals surface area contributed by atoms with Crippen LogP contribution in [0.5, 0.6) is 0 Å². The molecule has 0 unspecified atom stereocenters. The highest BCUT2D eigenvalue weighted by Crippen LogP contribution is 2.12. The maximum atomic E-state index is 11.7. The van der Waals surface area contributed by atoms with Gasteiger partial charge in [0.1, 0.15) is 0 Å². The zero-order valence-corrected chi connectivity index (χ0v) is 11.0. The Kier molecular flexibility index (Phi) is 4.73. The van der Waals surface area contributed by atoms with E-state index >= 15 is 0 Å². The minimum absolute atomic E-state index is 0.0988. The van der Waals surface area contributed by atoms with Crippen LogP contribution in [0.4, 0.5) is 5.69 Å². The van der Waals surface area contributed by atoms with E-state index in [9.17, 15) is 4.79 Å². The van der Waals surface area contributed by atoms with Gasteiger partial charge in [-0.2, -0.15) is 5.10 Å². The summed E-state index contributed by atoms with van der Waals surface area (Å²) in [6.07, 6.45) is 2.93. The predicted molar refractivity (Wildman–Crippen MR) is 74.6 cm³/mol. The number of nitrogens with zero attached hydrogens (tertiary/aromatic N) is 2. The van der Waals surface area contributed by atoms with E-state index in [2.05, 4.69) is 5.10 Å². The molecule has 0 aliphatic carbocycles. The van der Waals surface area contributed by atoms with Crippen LogP contribution in [0.15, 0.2) is 36.5 Å². The number of aliphatic hydroxyl groups excluding tert-OH is 1. The highest BCUT2D eigenvalue weighted by molar-refractivity contribution is 5.87. The van der Waals surface area contributed by atoms with Crippen LogP contribution in [0.1, 0.15) is 23.3 Å². The minimum Gasteiger partial charge on any atom is -0.461 e. The lowest BCUT2D eigenvalue weighted by atomic mass is 10.3. The molecule has 6 nitrogen and oxygen atoms in total. The van der Waals surface area contributed by atoms with Crippen LogP contribution in [-0.4, -0.2) is 34.1 Å². The molecule has 0 atom stereocenters. The zero-order chi connectivity index (χ0) is 14.4. The molecule has 1 aromatic heterocycles. The third-order valence-corrected chi connectivity index (χ3v) is 2.72. The third kappa shape index (κ3) is 3.58. The summed E-state index contributed by atoms with van der Waals surface area (Å²) in [6, 6.07) is 8.81. The molecule has 0 aliphatic heterocycles. The summed E-state index contributed by atoms with van der Waals surface area (Å²) in [5.41, 5.74) is 7.36. The van der Waals surface area contributed by atoms with Crippen molar-refractivity contribution in [2.24, 2.45) is 0 Å². The van der Waals surface area contributed by atoms with Crippen LogP contribution < -0.4 is 5.73 Å². The lowest BCUT2D eigenvalue weighted by Gasteiger charge is -2.03. The summed E-state index contributed by atoms with van der Waals surface area (Å²) < 4.78 is 6.62. The average Bonchev–Trinajstić information content (AvgIpc) is 2.93. The van der Waals surface area contributed by atoms with Gasteiger partial charge in [-0.25, -0.2) is 9.48 Å². The van der Waals surface area contributed by atoms with Gasteiger partial charge in [0.25, 0.3) is 0 Å². The number of ether oxygens (including phenoxy) is 1. The van der Waals surface area contributed by atoms with Crippen LogP contribution in [0.3, 0.4) is 0 Å². The zero-order valence-electron chi connectivity index (χ0n) is 11.0. The molecule has 0 bridgehead atoms. The van der Waals surface area contributed by atoms with Crippen molar-refractivity contribution in [3.63, 3.8) is 0 Å². The van der Waals surface area contributed by atoms with Gasteiger partial charge in [-0.15, -0.1) is 0 Å². The molecule has 3 N–H and O–H groups in total. The van der Waals surface area contributed by atoms with Crippen molar-refractivity contribution in [3.05, 3.63) is 42.2 Å². The third-order valence-electron chi connectivity index (χ3n) is 2.72. The van der Waals surface area contributed by atoms with E-state index in [1.807, 2.05) is 12.1 Å². The second-order valence-electron chi connectivity index (χ2n) is 4.31. The van der Waals surface area contributed by atoms with E-state index in [0.29, 0.717) is 18.5 Å². The van der Waals surface area contributed by atoms with E-state index in [0.717, 1.165) is 5.69 Å². The van der Waals surface area contributed by atoms with Crippen LogP contribution in [0, 0.1) is 0 Å². The number of benzene rings is 1. The molecule has 0 spiro atoms. The van der Waals surface area contributed by atoms with Crippen LogP contribution in [0.25, 0.3) is 5.69 Å². The number of hydrogen-bond donors (Lipinski definition) is 2. The number of esters is 1. The van der Waals surface area contributed by atoms with Crippen molar-refractivity contribution in [1.29, 1.82) is 0 Å². The highest BCUT2D eigenvalue weighted by atomic mass is 16.5. The largest absolute Gasteiger partial charge is 0.461 e. The van der Waals surface area contributed by atoms with Crippen LogP contribution in [-0.2, 0) is 4.74 Å². The van der Waals surface area contributed by atoms with Gasteiger partial charge >= 0.3 is 5.97 Å². The average molecular weight is 275 g/mol. The van der Waals surface area contributed by atoms with Gasteiger partial charge in [-0.3, -0.25) is 0 Å². The van der Waals surface area contributed by atoms with Crippen molar-refractivity contribution < 1.29 is 14.6 Å². The fourth-order valence-electron chi connectivity index (χ4n) is 1.70. The second kappa shape index (κ2) is 6.72. The maximum absolute atomic E-state index is 11.7. The molecular weight excluding hydrogens is 258 g/mol. The normalized spacial score (nSPS) is 10.4. The number of anilines is 1. The summed E-state index contributed by atoms with van der Waals surface area (Å²) >= 11 is 0. The number of carbonyl (C=O) groups is 1. The molecule has 0 saturated heterocycles. The van der Waals surface area contributed by atoms with Crippen molar-refractivity contribution in [2.45, 2.75) is 12.8 Å². The van der Waals surface area contributed by atoms with Gasteiger partial charge in [0.15, 0.2) is 5.69 Å². The predicted octanol–water partition coefficient (Wildman–Crippen LogP) is 1.38. The first-order valence-electron chi connectivity index (χ1n) is 6.40. The van der Waals surface area contributed by atoms with Gasteiger partial charge in [-0.1, -0.05) is 6.07 Å². The number of carbonyl (C=O) groups excluding carboxylic acids is 1. The van der Waals surface area contributed by atoms with E-state index in [-0.39, 0.29) is 18.9 Å². The Morgan fingerprint density at radius 2 is 2.20 bits per heavy atom. The van der Waals surface area contributed by atoms with E-state index in [4.69, 9.17) is 15.6 Å². The fraction of sp³-hybridized carbons (Fsp3) is 0.286. The topological polar surface area (TPSA) is 90.4 Å². The van der Waals surface area contributed by atoms with Crippen molar-refractivity contribution in [2.75, 3.05) is 18.9 Å². The Morgan fingerprint density at radius 1 is 1.35 bits per heavy atom.